The Hall–Kier alpha value is -1.36. The lowest BCUT2D eigenvalue weighted by atomic mass is 10.4. The van der Waals surface area contributed by atoms with Crippen LogP contribution in [0.2, 0.25) is 0 Å². The van der Waals surface area contributed by atoms with Crippen LogP contribution < -0.4 is 0 Å². The minimum atomic E-state index is -0.676. The average Bonchev–Trinajstić information content (AvgIpc) is 2.12. The summed E-state index contributed by atoms with van der Waals surface area (Å²) in [6.45, 7) is 8.19. The van der Waals surface area contributed by atoms with E-state index in [2.05, 4.69) is 11.3 Å². The van der Waals surface area contributed by atoms with E-state index in [4.69, 9.17) is 9.47 Å². The minimum Gasteiger partial charge on any atom is -0.463 e. The fourth-order valence-corrected chi connectivity index (χ4v) is 0.685. The summed E-state index contributed by atoms with van der Waals surface area (Å²) >= 11 is 0. The molecule has 0 rings (SSSR count). The van der Waals surface area contributed by atoms with Gasteiger partial charge in [-0.1, -0.05) is 6.58 Å². The maximum atomic E-state index is 11.0. The van der Waals surface area contributed by atoms with Crippen molar-refractivity contribution in [2.24, 2.45) is 0 Å². The Morgan fingerprint density at radius 3 is 2.33 bits per heavy atom. The second-order valence-corrected chi connectivity index (χ2v) is 2.96. The minimum absolute atomic E-state index is 0.143. The molecule has 0 aromatic heterocycles. The lowest BCUT2D eigenvalue weighted by Gasteiger charge is -2.13. The first kappa shape index (κ1) is 13.6. The number of carbonyl (C=O) groups is 2. The van der Waals surface area contributed by atoms with Gasteiger partial charge in [-0.2, -0.15) is 0 Å². The molecule has 86 valence electrons. The van der Waals surface area contributed by atoms with Crippen LogP contribution in [0.3, 0.4) is 0 Å². The third-order valence-electron chi connectivity index (χ3n) is 1.36. The first-order chi connectivity index (χ1) is 6.93. The predicted octanol–water partition coefficient (Wildman–Crippen LogP) is 1.03. The van der Waals surface area contributed by atoms with E-state index in [9.17, 15) is 9.59 Å². The molecule has 5 nitrogen and oxygen atoms in total. The Bertz CT molecular complexity index is 246. The van der Waals surface area contributed by atoms with Crippen molar-refractivity contribution in [2.45, 2.75) is 27.1 Å². The molecule has 0 bridgehead atoms. The van der Waals surface area contributed by atoms with Crippen LogP contribution in [0.25, 0.3) is 0 Å². The zero-order chi connectivity index (χ0) is 11.8. The molecule has 0 amide bonds. The lowest BCUT2D eigenvalue weighted by Crippen LogP contribution is -2.20. The van der Waals surface area contributed by atoms with E-state index in [1.54, 1.807) is 13.8 Å². The van der Waals surface area contributed by atoms with E-state index in [0.717, 1.165) is 0 Å². The highest BCUT2D eigenvalue weighted by Crippen LogP contribution is 1.99. The highest BCUT2D eigenvalue weighted by molar-refractivity contribution is 5.86. The quantitative estimate of drug-likeness (QED) is 0.287. The largest absolute Gasteiger partial charge is 0.463 e. The normalized spacial score (nSPS) is 11.7. The Morgan fingerprint density at radius 1 is 1.27 bits per heavy atom. The fraction of sp³-hybridized carbons (Fsp3) is 0.600. The van der Waals surface area contributed by atoms with Crippen molar-refractivity contribution in [3.05, 3.63) is 12.2 Å². The molecule has 0 aliphatic carbocycles. The summed E-state index contributed by atoms with van der Waals surface area (Å²) in [6.07, 6.45) is -0.676. The van der Waals surface area contributed by atoms with Crippen molar-refractivity contribution in [1.29, 1.82) is 0 Å². The third-order valence-corrected chi connectivity index (χ3v) is 1.36. The van der Waals surface area contributed by atoms with Crippen LogP contribution in [0.1, 0.15) is 20.8 Å². The standard InChI is InChI=1S/C10H16O5/c1-7(2)10(12)15-9(4)14-6-5-13-8(3)11/h9H,1,5-6H2,2-4H3. The van der Waals surface area contributed by atoms with Gasteiger partial charge in [-0.05, 0) is 13.8 Å². The first-order valence-electron chi connectivity index (χ1n) is 4.55. The smallest absolute Gasteiger partial charge is 0.335 e. The Morgan fingerprint density at radius 2 is 1.87 bits per heavy atom. The Balaban J connectivity index is 3.57. The van der Waals surface area contributed by atoms with Gasteiger partial charge < -0.3 is 14.2 Å². The molecule has 0 aromatic carbocycles. The van der Waals surface area contributed by atoms with Crippen LogP contribution in [-0.4, -0.2) is 31.4 Å². The SMILES string of the molecule is C=C(C)C(=O)OC(C)OCCOC(C)=O. The van der Waals surface area contributed by atoms with E-state index >= 15 is 0 Å². The maximum Gasteiger partial charge on any atom is 0.335 e. The number of carbonyl (C=O) groups excluding carboxylic acids is 2. The van der Waals surface area contributed by atoms with Gasteiger partial charge in [-0.25, -0.2) is 4.79 Å². The summed E-state index contributed by atoms with van der Waals surface area (Å²) in [5.41, 5.74) is 0.311. The van der Waals surface area contributed by atoms with Crippen molar-refractivity contribution in [3.63, 3.8) is 0 Å². The molecular formula is C10H16O5. The van der Waals surface area contributed by atoms with E-state index in [1.165, 1.54) is 6.92 Å². The number of ether oxygens (including phenoxy) is 3. The Labute approximate surface area is 89.0 Å². The fourth-order valence-electron chi connectivity index (χ4n) is 0.685. The second kappa shape index (κ2) is 7.00. The van der Waals surface area contributed by atoms with Crippen LogP contribution in [-0.2, 0) is 23.8 Å². The molecule has 0 heterocycles. The molecule has 0 saturated carbocycles. The van der Waals surface area contributed by atoms with Gasteiger partial charge >= 0.3 is 11.9 Å². The summed E-state index contributed by atoms with van der Waals surface area (Å²) in [5, 5.41) is 0. The molecule has 5 heteroatoms. The van der Waals surface area contributed by atoms with Gasteiger partial charge in [0.25, 0.3) is 0 Å². The molecule has 0 N–H and O–H groups in total. The zero-order valence-corrected chi connectivity index (χ0v) is 9.24. The molecule has 0 radical (unpaired) electrons. The van der Waals surface area contributed by atoms with E-state index in [-0.39, 0.29) is 19.2 Å². The van der Waals surface area contributed by atoms with Gasteiger partial charge in [0.2, 0.25) is 6.29 Å². The second-order valence-electron chi connectivity index (χ2n) is 2.96. The van der Waals surface area contributed by atoms with Crippen LogP contribution in [0.4, 0.5) is 0 Å². The molecule has 1 unspecified atom stereocenters. The summed E-state index contributed by atoms with van der Waals surface area (Å²) in [4.78, 5) is 21.4. The molecule has 0 aliphatic rings. The van der Waals surface area contributed by atoms with Crippen LogP contribution in [0.5, 0.6) is 0 Å². The number of hydrogen-bond acceptors (Lipinski definition) is 5. The molecule has 0 spiro atoms. The molecule has 0 aliphatic heterocycles. The summed E-state index contributed by atoms with van der Waals surface area (Å²) in [5.74, 6) is -0.875. The topological polar surface area (TPSA) is 61.8 Å². The highest BCUT2D eigenvalue weighted by Gasteiger charge is 2.09. The van der Waals surface area contributed by atoms with Crippen molar-refractivity contribution in [3.8, 4) is 0 Å². The highest BCUT2D eigenvalue weighted by atomic mass is 16.7. The molecule has 0 saturated heterocycles. The number of esters is 2. The molecular weight excluding hydrogens is 200 g/mol. The summed E-state index contributed by atoms with van der Waals surface area (Å²) < 4.78 is 14.5. The molecule has 1 atom stereocenters. The van der Waals surface area contributed by atoms with Gasteiger partial charge in [0.1, 0.15) is 6.61 Å². The molecule has 0 aromatic rings. The number of hydrogen-bond donors (Lipinski definition) is 0. The predicted molar refractivity (Wildman–Crippen MR) is 53.0 cm³/mol. The van der Waals surface area contributed by atoms with Crippen molar-refractivity contribution >= 4 is 11.9 Å². The average molecular weight is 216 g/mol. The monoisotopic (exact) mass is 216 g/mol. The van der Waals surface area contributed by atoms with Gasteiger partial charge in [0.15, 0.2) is 0 Å². The van der Waals surface area contributed by atoms with Crippen molar-refractivity contribution < 1.29 is 23.8 Å². The van der Waals surface area contributed by atoms with Crippen molar-refractivity contribution in [2.75, 3.05) is 13.2 Å². The summed E-state index contributed by atoms with van der Waals surface area (Å²) in [6, 6.07) is 0. The van der Waals surface area contributed by atoms with Crippen molar-refractivity contribution in [1.82, 2.24) is 0 Å². The third kappa shape index (κ3) is 7.69. The maximum absolute atomic E-state index is 11.0. The van der Waals surface area contributed by atoms with Gasteiger partial charge in [0.05, 0.1) is 6.61 Å². The zero-order valence-electron chi connectivity index (χ0n) is 9.24. The van der Waals surface area contributed by atoms with E-state index in [1.807, 2.05) is 0 Å². The molecule has 0 fully saturated rings. The Kier molecular flexibility index (Phi) is 6.37. The van der Waals surface area contributed by atoms with Gasteiger partial charge in [-0.3, -0.25) is 4.79 Å². The van der Waals surface area contributed by atoms with Crippen LogP contribution in [0, 0.1) is 0 Å². The van der Waals surface area contributed by atoms with E-state index < -0.39 is 12.3 Å². The lowest BCUT2D eigenvalue weighted by molar-refractivity contribution is -0.174. The first-order valence-corrected chi connectivity index (χ1v) is 4.55. The van der Waals surface area contributed by atoms with Gasteiger partial charge in [0, 0.05) is 12.5 Å². The summed E-state index contributed by atoms with van der Waals surface area (Å²) in [7, 11) is 0. The number of rotatable bonds is 6. The van der Waals surface area contributed by atoms with E-state index in [0.29, 0.717) is 5.57 Å². The van der Waals surface area contributed by atoms with Crippen LogP contribution >= 0.6 is 0 Å². The van der Waals surface area contributed by atoms with Gasteiger partial charge in [-0.15, -0.1) is 0 Å². The van der Waals surface area contributed by atoms with Crippen LogP contribution in [0.15, 0.2) is 12.2 Å². The molecule has 15 heavy (non-hydrogen) atoms.